The summed E-state index contributed by atoms with van der Waals surface area (Å²) in [6, 6.07) is 5.42. The maximum atomic E-state index is 12.2. The molecule has 0 spiro atoms. The normalized spacial score (nSPS) is 25.5. The molecule has 2 heterocycles. The smallest absolute Gasteiger partial charge is 0.410 e. The van der Waals surface area contributed by atoms with Crippen LogP contribution >= 0.6 is 0 Å². The van der Waals surface area contributed by atoms with Gasteiger partial charge in [0.15, 0.2) is 0 Å². The minimum Gasteiger partial charge on any atom is -0.444 e. The third-order valence-electron chi connectivity index (χ3n) is 4.13. The van der Waals surface area contributed by atoms with Crippen LogP contribution in [0.15, 0.2) is 24.4 Å². The number of nitrogens with one attached hydrogen (secondary N) is 2. The number of aromatic nitrogens is 1. The molecule has 2 unspecified atom stereocenters. The zero-order chi connectivity index (χ0) is 16.6. The molecule has 1 aromatic heterocycles. The highest BCUT2D eigenvalue weighted by Crippen LogP contribution is 2.51. The Balaban J connectivity index is 1.44. The first-order valence-corrected chi connectivity index (χ1v) is 7.80. The lowest BCUT2D eigenvalue weighted by molar-refractivity contribution is -0.122. The van der Waals surface area contributed by atoms with Crippen LogP contribution in [0.3, 0.4) is 0 Å². The largest absolute Gasteiger partial charge is 0.444 e. The Kier molecular flexibility index (Phi) is 3.87. The van der Waals surface area contributed by atoms with Crippen molar-refractivity contribution >= 4 is 17.8 Å². The van der Waals surface area contributed by atoms with Crippen molar-refractivity contribution in [3.63, 3.8) is 0 Å². The molecule has 7 heteroatoms. The number of hydrogen-bond donors (Lipinski definition) is 2. The molecule has 0 aromatic carbocycles. The van der Waals surface area contributed by atoms with E-state index >= 15 is 0 Å². The highest BCUT2D eigenvalue weighted by atomic mass is 16.6. The predicted molar refractivity (Wildman–Crippen MR) is 84.3 cm³/mol. The summed E-state index contributed by atoms with van der Waals surface area (Å²) in [5.74, 6) is 0.975. The second kappa shape index (κ2) is 5.72. The van der Waals surface area contributed by atoms with Crippen molar-refractivity contribution in [1.29, 1.82) is 0 Å². The van der Waals surface area contributed by atoms with Gasteiger partial charge in [0.2, 0.25) is 5.91 Å². The second-order valence-corrected chi connectivity index (χ2v) is 7.07. The van der Waals surface area contributed by atoms with Crippen LogP contribution in [-0.4, -0.2) is 40.6 Å². The number of fused-ring (bicyclic) bond motifs is 1. The first-order chi connectivity index (χ1) is 10.8. The van der Waals surface area contributed by atoms with Crippen LogP contribution in [0, 0.1) is 17.8 Å². The molecule has 23 heavy (non-hydrogen) atoms. The quantitative estimate of drug-likeness (QED) is 0.828. The monoisotopic (exact) mass is 318 g/mol. The number of piperidine rings is 1. The summed E-state index contributed by atoms with van der Waals surface area (Å²) in [6.07, 6.45) is 1.36. The van der Waals surface area contributed by atoms with E-state index in [0.29, 0.717) is 18.9 Å². The van der Waals surface area contributed by atoms with Crippen LogP contribution in [0.4, 0.5) is 10.6 Å². The summed E-state index contributed by atoms with van der Waals surface area (Å²) in [5, 5.41) is 0. The van der Waals surface area contributed by atoms with E-state index < -0.39 is 5.60 Å². The Bertz CT molecular complexity index is 587. The van der Waals surface area contributed by atoms with E-state index in [9.17, 15) is 9.59 Å². The number of rotatable bonds is 3. The van der Waals surface area contributed by atoms with Gasteiger partial charge < -0.3 is 9.64 Å². The lowest BCUT2D eigenvalue weighted by Gasteiger charge is -2.25. The molecule has 124 valence electrons. The Morgan fingerprint density at radius 3 is 2.52 bits per heavy atom. The maximum absolute atomic E-state index is 12.2. The number of likely N-dealkylation sites (tertiary alicyclic amines) is 1. The number of ether oxygens (including phenoxy) is 1. The van der Waals surface area contributed by atoms with E-state index in [1.54, 1.807) is 17.2 Å². The van der Waals surface area contributed by atoms with Gasteiger partial charge in [-0.05, 0) is 44.7 Å². The third kappa shape index (κ3) is 3.55. The molecule has 1 saturated heterocycles. The number of amides is 2. The molecular formula is C16H22N4O3. The number of carbonyl (C=O) groups excluding carboxylic acids is 2. The van der Waals surface area contributed by atoms with Crippen molar-refractivity contribution in [3.05, 3.63) is 24.4 Å². The van der Waals surface area contributed by atoms with Gasteiger partial charge in [-0.2, -0.15) is 0 Å². The number of hydrogen-bond acceptors (Lipinski definition) is 5. The summed E-state index contributed by atoms with van der Waals surface area (Å²) in [6.45, 7) is 6.71. The molecule has 2 N–H and O–H groups in total. The zero-order valence-electron chi connectivity index (χ0n) is 13.6. The fourth-order valence-electron chi connectivity index (χ4n) is 3.04. The van der Waals surface area contributed by atoms with Crippen LogP contribution in [0.1, 0.15) is 20.8 Å². The van der Waals surface area contributed by atoms with Gasteiger partial charge >= 0.3 is 6.09 Å². The maximum Gasteiger partial charge on any atom is 0.410 e. The fourth-order valence-corrected chi connectivity index (χ4v) is 3.04. The summed E-state index contributed by atoms with van der Waals surface area (Å²) in [7, 11) is 0. The topological polar surface area (TPSA) is 83.6 Å². The molecule has 1 aromatic rings. The standard InChI is InChI=1S/C16H22N4O3/c1-16(2,3)23-15(22)20-8-10-11(9-20)13(10)14(21)19-18-12-6-4-5-7-17-12/h4-7,10-11,13H,8-9H2,1-3H3,(H,17,18)(H,19,21)/t10-,11?,13?/m1/s1. The molecule has 1 saturated carbocycles. The molecule has 3 atom stereocenters. The summed E-state index contributed by atoms with van der Waals surface area (Å²) >= 11 is 0. The van der Waals surface area contributed by atoms with Crippen LogP contribution in [0.2, 0.25) is 0 Å². The van der Waals surface area contributed by atoms with Crippen molar-refractivity contribution in [1.82, 2.24) is 15.3 Å². The van der Waals surface area contributed by atoms with E-state index in [2.05, 4.69) is 15.8 Å². The van der Waals surface area contributed by atoms with Crippen molar-refractivity contribution < 1.29 is 14.3 Å². The Morgan fingerprint density at radius 1 is 1.26 bits per heavy atom. The lowest BCUT2D eigenvalue weighted by Crippen LogP contribution is -2.39. The summed E-state index contributed by atoms with van der Waals surface area (Å²) < 4.78 is 5.36. The van der Waals surface area contributed by atoms with Gasteiger partial charge in [0.05, 0.1) is 0 Å². The van der Waals surface area contributed by atoms with Gasteiger partial charge in [-0.3, -0.25) is 15.6 Å². The van der Waals surface area contributed by atoms with E-state index in [1.165, 1.54) is 0 Å². The molecule has 2 fully saturated rings. The minimum atomic E-state index is -0.493. The molecule has 0 bridgehead atoms. The second-order valence-electron chi connectivity index (χ2n) is 7.07. The minimum absolute atomic E-state index is 0.0371. The Morgan fingerprint density at radius 2 is 1.96 bits per heavy atom. The van der Waals surface area contributed by atoms with Gasteiger partial charge in [-0.1, -0.05) is 6.07 Å². The Labute approximate surface area is 135 Å². The number of carbonyl (C=O) groups is 2. The molecule has 1 aliphatic heterocycles. The summed E-state index contributed by atoms with van der Waals surface area (Å²) in [5.41, 5.74) is 5.00. The SMILES string of the molecule is CC(C)(C)OC(=O)N1CC2C(C(=O)NNc3ccccn3)[C@@H]2C1. The van der Waals surface area contributed by atoms with Crippen LogP contribution < -0.4 is 10.9 Å². The highest BCUT2D eigenvalue weighted by molar-refractivity contribution is 5.84. The lowest BCUT2D eigenvalue weighted by atomic mass is 10.2. The van der Waals surface area contributed by atoms with Crippen molar-refractivity contribution in [2.75, 3.05) is 18.5 Å². The van der Waals surface area contributed by atoms with Gasteiger partial charge in [0, 0.05) is 25.2 Å². The number of nitrogens with zero attached hydrogens (tertiary/aromatic N) is 2. The van der Waals surface area contributed by atoms with Crippen LogP contribution in [0.5, 0.6) is 0 Å². The van der Waals surface area contributed by atoms with E-state index in [4.69, 9.17) is 4.74 Å². The first kappa shape index (κ1) is 15.6. The molecule has 0 radical (unpaired) electrons. The fraction of sp³-hybridized carbons (Fsp3) is 0.562. The number of pyridine rings is 1. The van der Waals surface area contributed by atoms with Crippen molar-refractivity contribution in [2.45, 2.75) is 26.4 Å². The Hall–Kier alpha value is -2.31. The van der Waals surface area contributed by atoms with Gasteiger partial charge in [-0.15, -0.1) is 0 Å². The molecule has 3 rings (SSSR count). The molecule has 7 nitrogen and oxygen atoms in total. The zero-order valence-corrected chi connectivity index (χ0v) is 13.6. The molecular weight excluding hydrogens is 296 g/mol. The number of hydrazine groups is 1. The summed E-state index contributed by atoms with van der Waals surface area (Å²) in [4.78, 5) is 29.9. The molecule has 1 aliphatic carbocycles. The third-order valence-corrected chi connectivity index (χ3v) is 4.13. The van der Waals surface area contributed by atoms with Crippen molar-refractivity contribution in [3.8, 4) is 0 Å². The van der Waals surface area contributed by atoms with Gasteiger partial charge in [-0.25, -0.2) is 9.78 Å². The average molecular weight is 318 g/mol. The van der Waals surface area contributed by atoms with Gasteiger partial charge in [0.1, 0.15) is 11.4 Å². The molecule has 2 amide bonds. The first-order valence-electron chi connectivity index (χ1n) is 7.80. The van der Waals surface area contributed by atoms with E-state index in [1.807, 2.05) is 32.9 Å². The van der Waals surface area contributed by atoms with E-state index in [0.717, 1.165) is 0 Å². The van der Waals surface area contributed by atoms with Gasteiger partial charge in [0.25, 0.3) is 0 Å². The average Bonchev–Trinajstić information content (AvgIpc) is 2.98. The number of anilines is 1. The van der Waals surface area contributed by atoms with Crippen LogP contribution in [0.25, 0.3) is 0 Å². The van der Waals surface area contributed by atoms with Crippen LogP contribution in [-0.2, 0) is 9.53 Å². The molecule has 2 aliphatic rings. The predicted octanol–water partition coefficient (Wildman–Crippen LogP) is 1.64. The van der Waals surface area contributed by atoms with Crippen molar-refractivity contribution in [2.24, 2.45) is 17.8 Å². The van der Waals surface area contributed by atoms with E-state index in [-0.39, 0.29) is 29.8 Å². The highest BCUT2D eigenvalue weighted by Gasteiger charge is 2.60.